The Morgan fingerprint density at radius 1 is 1.12 bits per heavy atom. The third kappa shape index (κ3) is 1.98. The van der Waals surface area contributed by atoms with Crippen molar-refractivity contribution in [2.75, 3.05) is 12.4 Å². The highest BCUT2D eigenvalue weighted by Gasteiger charge is 2.14. The summed E-state index contributed by atoms with van der Waals surface area (Å²) in [6.45, 7) is 1.72. The van der Waals surface area contributed by atoms with Crippen molar-refractivity contribution < 1.29 is 13.2 Å². The Hall–Kier alpha value is -1.98. The molecule has 17 heavy (non-hydrogen) atoms. The molecular formula is C11H10F3N3. The van der Waals surface area contributed by atoms with Gasteiger partial charge in [-0.2, -0.15) is 0 Å². The van der Waals surface area contributed by atoms with Crippen LogP contribution in [-0.2, 0) is 0 Å². The lowest BCUT2D eigenvalue weighted by atomic mass is 10.3. The first-order valence-electron chi connectivity index (χ1n) is 4.91. The topological polar surface area (TPSA) is 29.9 Å². The average molecular weight is 241 g/mol. The number of aryl methyl sites for hydroxylation is 1. The van der Waals surface area contributed by atoms with Crippen LogP contribution in [0.2, 0.25) is 0 Å². The summed E-state index contributed by atoms with van der Waals surface area (Å²) in [5.41, 5.74) is 0.548. The molecule has 0 aliphatic carbocycles. The maximum absolute atomic E-state index is 13.6. The molecule has 0 saturated carbocycles. The van der Waals surface area contributed by atoms with Gasteiger partial charge in [0.1, 0.15) is 5.82 Å². The number of hydrogen-bond acceptors (Lipinski definition) is 2. The first kappa shape index (κ1) is 11.5. The predicted octanol–water partition coefficient (Wildman–Crippen LogP) is 2.64. The molecule has 0 spiro atoms. The van der Waals surface area contributed by atoms with Gasteiger partial charge >= 0.3 is 0 Å². The Bertz CT molecular complexity index is 563. The minimum atomic E-state index is -1.21. The normalized spacial score (nSPS) is 10.6. The summed E-state index contributed by atoms with van der Waals surface area (Å²) in [6, 6.07) is 1.31. The van der Waals surface area contributed by atoms with E-state index in [9.17, 15) is 13.2 Å². The van der Waals surface area contributed by atoms with Crippen LogP contribution in [0.15, 0.2) is 18.3 Å². The van der Waals surface area contributed by atoms with Crippen LogP contribution in [0, 0.1) is 24.4 Å². The first-order valence-corrected chi connectivity index (χ1v) is 4.91. The molecule has 0 amide bonds. The summed E-state index contributed by atoms with van der Waals surface area (Å²) in [6.07, 6.45) is 1.53. The Balaban J connectivity index is 2.63. The Morgan fingerprint density at radius 2 is 1.76 bits per heavy atom. The van der Waals surface area contributed by atoms with E-state index >= 15 is 0 Å². The van der Waals surface area contributed by atoms with Gasteiger partial charge in [-0.15, -0.1) is 0 Å². The van der Waals surface area contributed by atoms with Crippen molar-refractivity contribution in [3.8, 4) is 5.69 Å². The van der Waals surface area contributed by atoms with Gasteiger partial charge in [-0.1, -0.05) is 0 Å². The molecule has 0 fully saturated rings. The zero-order valence-electron chi connectivity index (χ0n) is 9.26. The molecule has 0 aliphatic rings. The van der Waals surface area contributed by atoms with Gasteiger partial charge in [0.15, 0.2) is 11.6 Å². The molecule has 0 atom stereocenters. The van der Waals surface area contributed by atoms with Crippen LogP contribution in [-0.4, -0.2) is 16.6 Å². The summed E-state index contributed by atoms with van der Waals surface area (Å²) >= 11 is 0. The Kier molecular flexibility index (Phi) is 2.79. The highest BCUT2D eigenvalue weighted by Crippen LogP contribution is 2.21. The summed E-state index contributed by atoms with van der Waals surface area (Å²) in [5, 5.41) is 2.75. The van der Waals surface area contributed by atoms with Crippen molar-refractivity contribution in [1.29, 1.82) is 0 Å². The number of nitrogens with zero attached hydrogens (tertiary/aromatic N) is 2. The molecule has 2 rings (SSSR count). The maximum Gasteiger partial charge on any atom is 0.207 e. The molecule has 1 aromatic heterocycles. The van der Waals surface area contributed by atoms with Crippen molar-refractivity contribution in [2.24, 2.45) is 0 Å². The van der Waals surface area contributed by atoms with Crippen molar-refractivity contribution in [2.45, 2.75) is 6.92 Å². The van der Waals surface area contributed by atoms with Crippen LogP contribution < -0.4 is 5.32 Å². The third-order valence-electron chi connectivity index (χ3n) is 2.30. The van der Waals surface area contributed by atoms with E-state index < -0.39 is 17.5 Å². The van der Waals surface area contributed by atoms with E-state index in [4.69, 9.17) is 0 Å². The molecule has 0 unspecified atom stereocenters. The number of anilines is 1. The average Bonchev–Trinajstić information content (AvgIpc) is 2.64. The minimum absolute atomic E-state index is 0.0890. The van der Waals surface area contributed by atoms with Gasteiger partial charge in [-0.3, -0.25) is 4.57 Å². The van der Waals surface area contributed by atoms with E-state index in [1.54, 1.807) is 14.0 Å². The SMILES string of the molecule is CNc1nc(C)cn1-c1cc(F)c(F)cc1F. The summed E-state index contributed by atoms with van der Waals surface area (Å²) in [7, 11) is 1.61. The molecule has 0 radical (unpaired) electrons. The Labute approximate surface area is 95.9 Å². The fraction of sp³-hybridized carbons (Fsp3) is 0.182. The van der Waals surface area contributed by atoms with E-state index in [1.807, 2.05) is 0 Å². The number of hydrogen-bond donors (Lipinski definition) is 1. The van der Waals surface area contributed by atoms with Gasteiger partial charge in [0.25, 0.3) is 0 Å². The van der Waals surface area contributed by atoms with E-state index in [-0.39, 0.29) is 5.69 Å². The molecule has 0 aliphatic heterocycles. The lowest BCUT2D eigenvalue weighted by Gasteiger charge is -2.08. The van der Waals surface area contributed by atoms with E-state index in [0.717, 1.165) is 6.07 Å². The largest absolute Gasteiger partial charge is 0.358 e. The van der Waals surface area contributed by atoms with Crippen molar-refractivity contribution in [3.05, 3.63) is 41.5 Å². The van der Waals surface area contributed by atoms with Gasteiger partial charge < -0.3 is 5.32 Å². The van der Waals surface area contributed by atoms with Crippen LogP contribution in [0.1, 0.15) is 5.69 Å². The molecule has 3 nitrogen and oxygen atoms in total. The van der Waals surface area contributed by atoms with Crippen molar-refractivity contribution in [1.82, 2.24) is 9.55 Å². The molecule has 90 valence electrons. The molecule has 1 N–H and O–H groups in total. The van der Waals surface area contributed by atoms with Crippen LogP contribution >= 0.6 is 0 Å². The number of benzene rings is 1. The van der Waals surface area contributed by atoms with Gasteiger partial charge in [0.2, 0.25) is 5.95 Å². The summed E-state index contributed by atoms with van der Waals surface area (Å²) < 4.78 is 40.8. The minimum Gasteiger partial charge on any atom is -0.358 e. The Morgan fingerprint density at radius 3 is 2.41 bits per heavy atom. The fourth-order valence-corrected chi connectivity index (χ4v) is 1.55. The number of imidazole rings is 1. The molecule has 1 heterocycles. The molecule has 2 aromatic rings. The summed E-state index contributed by atoms with van der Waals surface area (Å²) in [5.74, 6) is -2.81. The smallest absolute Gasteiger partial charge is 0.207 e. The van der Waals surface area contributed by atoms with Crippen LogP contribution in [0.25, 0.3) is 5.69 Å². The number of aromatic nitrogens is 2. The van der Waals surface area contributed by atoms with Crippen molar-refractivity contribution in [3.63, 3.8) is 0 Å². The second-order valence-electron chi connectivity index (χ2n) is 3.54. The predicted molar refractivity (Wildman–Crippen MR) is 57.7 cm³/mol. The highest BCUT2D eigenvalue weighted by atomic mass is 19.2. The van der Waals surface area contributed by atoms with Crippen LogP contribution in [0.3, 0.4) is 0 Å². The van der Waals surface area contributed by atoms with Gasteiger partial charge in [0.05, 0.1) is 11.4 Å². The molecule has 1 aromatic carbocycles. The van der Waals surface area contributed by atoms with Crippen LogP contribution in [0.4, 0.5) is 19.1 Å². The maximum atomic E-state index is 13.6. The molecular weight excluding hydrogens is 231 g/mol. The molecule has 0 saturated heterocycles. The van der Waals surface area contributed by atoms with Gasteiger partial charge in [0, 0.05) is 25.4 Å². The first-order chi connectivity index (χ1) is 8.02. The van der Waals surface area contributed by atoms with E-state index in [0.29, 0.717) is 17.7 Å². The standard InChI is InChI=1S/C11H10F3N3/c1-6-5-17(11(15-2)16-6)10-4-8(13)7(12)3-9(10)14/h3-5H,1-2H3,(H,15,16). The fourth-order valence-electron chi connectivity index (χ4n) is 1.55. The van der Waals surface area contributed by atoms with E-state index in [1.165, 1.54) is 10.8 Å². The molecule has 0 bridgehead atoms. The second-order valence-corrected chi connectivity index (χ2v) is 3.54. The second kappa shape index (κ2) is 4.12. The highest BCUT2D eigenvalue weighted by molar-refractivity contribution is 5.44. The monoisotopic (exact) mass is 241 g/mol. The molecule has 6 heteroatoms. The quantitative estimate of drug-likeness (QED) is 0.819. The lowest BCUT2D eigenvalue weighted by Crippen LogP contribution is -2.04. The lowest BCUT2D eigenvalue weighted by molar-refractivity contribution is 0.493. The zero-order chi connectivity index (χ0) is 12.6. The number of rotatable bonds is 2. The number of nitrogens with one attached hydrogen (secondary N) is 1. The number of halogens is 3. The van der Waals surface area contributed by atoms with E-state index in [2.05, 4.69) is 10.3 Å². The summed E-state index contributed by atoms with van der Waals surface area (Å²) in [4.78, 5) is 4.07. The van der Waals surface area contributed by atoms with Gasteiger partial charge in [-0.05, 0) is 6.92 Å². The van der Waals surface area contributed by atoms with Gasteiger partial charge in [-0.25, -0.2) is 18.2 Å². The van der Waals surface area contributed by atoms with Crippen LogP contribution in [0.5, 0.6) is 0 Å². The van der Waals surface area contributed by atoms with Crippen molar-refractivity contribution >= 4 is 5.95 Å². The third-order valence-corrected chi connectivity index (χ3v) is 2.30. The zero-order valence-corrected chi connectivity index (χ0v) is 9.26.